The average Bonchev–Trinajstić information content (AvgIpc) is 3.01. The molecule has 1 aromatic rings. The van der Waals surface area contributed by atoms with Crippen molar-refractivity contribution in [2.75, 3.05) is 12.4 Å². The molecule has 1 fully saturated rings. The number of anilines is 1. The van der Waals surface area contributed by atoms with Crippen LogP contribution < -0.4 is 10.1 Å². The molecule has 76 valence electrons. The third kappa shape index (κ3) is 2.16. The molecule has 0 aromatic carbocycles. The van der Waals surface area contributed by atoms with Crippen LogP contribution in [0.15, 0.2) is 18.3 Å². The molecule has 1 aliphatic rings. The Morgan fingerprint density at radius 2 is 2.36 bits per heavy atom. The smallest absolute Gasteiger partial charge is 0.214 e. The Hall–Kier alpha value is -1.25. The Balaban J connectivity index is 2.00. The van der Waals surface area contributed by atoms with Crippen LogP contribution in [0.4, 0.5) is 5.69 Å². The molecule has 1 aliphatic carbocycles. The average molecular weight is 192 g/mol. The molecule has 0 aliphatic heterocycles. The van der Waals surface area contributed by atoms with E-state index >= 15 is 0 Å². The molecule has 1 saturated carbocycles. The van der Waals surface area contributed by atoms with Gasteiger partial charge in [0, 0.05) is 24.0 Å². The number of hydrogen-bond acceptors (Lipinski definition) is 3. The van der Waals surface area contributed by atoms with Crippen molar-refractivity contribution in [3.05, 3.63) is 18.3 Å². The van der Waals surface area contributed by atoms with Crippen molar-refractivity contribution in [3.63, 3.8) is 0 Å². The maximum absolute atomic E-state index is 5.06. The second-order valence-corrected chi connectivity index (χ2v) is 3.86. The lowest BCUT2D eigenvalue weighted by molar-refractivity contribution is 0.398. The van der Waals surface area contributed by atoms with Crippen molar-refractivity contribution in [1.82, 2.24) is 4.98 Å². The van der Waals surface area contributed by atoms with Gasteiger partial charge in [0.05, 0.1) is 7.11 Å². The van der Waals surface area contributed by atoms with Gasteiger partial charge >= 0.3 is 0 Å². The van der Waals surface area contributed by atoms with Gasteiger partial charge in [-0.2, -0.15) is 0 Å². The highest BCUT2D eigenvalue weighted by atomic mass is 16.5. The van der Waals surface area contributed by atoms with E-state index in [2.05, 4.69) is 17.2 Å². The maximum Gasteiger partial charge on any atom is 0.214 e. The maximum atomic E-state index is 5.06. The molecule has 3 heteroatoms. The number of aromatic nitrogens is 1. The van der Waals surface area contributed by atoms with E-state index in [1.807, 2.05) is 12.1 Å². The Kier molecular flexibility index (Phi) is 2.57. The summed E-state index contributed by atoms with van der Waals surface area (Å²) in [6.45, 7) is 2.23. The Labute approximate surface area is 84.5 Å². The van der Waals surface area contributed by atoms with E-state index in [4.69, 9.17) is 4.74 Å². The topological polar surface area (TPSA) is 34.1 Å². The minimum absolute atomic E-state index is 0.558. The predicted molar refractivity (Wildman–Crippen MR) is 56.6 cm³/mol. The molecule has 1 aromatic heterocycles. The number of ether oxygens (including phenoxy) is 1. The van der Waals surface area contributed by atoms with Crippen LogP contribution in [0.5, 0.6) is 5.88 Å². The van der Waals surface area contributed by atoms with Crippen LogP contribution in [-0.4, -0.2) is 18.1 Å². The number of nitrogens with zero attached hydrogens (tertiary/aromatic N) is 1. The van der Waals surface area contributed by atoms with Gasteiger partial charge in [-0.25, -0.2) is 4.98 Å². The molecule has 0 radical (unpaired) electrons. The van der Waals surface area contributed by atoms with E-state index in [0.717, 1.165) is 11.6 Å². The molecule has 14 heavy (non-hydrogen) atoms. The second kappa shape index (κ2) is 3.86. The lowest BCUT2D eigenvalue weighted by Crippen LogP contribution is -2.17. The fourth-order valence-corrected chi connectivity index (χ4v) is 1.59. The normalized spacial score (nSPS) is 17.6. The molecule has 1 unspecified atom stereocenters. The summed E-state index contributed by atoms with van der Waals surface area (Å²) in [4.78, 5) is 4.06. The Bertz CT molecular complexity index is 310. The van der Waals surface area contributed by atoms with Crippen molar-refractivity contribution in [2.24, 2.45) is 5.92 Å². The summed E-state index contributed by atoms with van der Waals surface area (Å²) < 4.78 is 5.06. The fraction of sp³-hybridized carbons (Fsp3) is 0.545. The second-order valence-electron chi connectivity index (χ2n) is 3.86. The number of hydrogen-bond donors (Lipinski definition) is 1. The van der Waals surface area contributed by atoms with Gasteiger partial charge in [0.2, 0.25) is 5.88 Å². The summed E-state index contributed by atoms with van der Waals surface area (Å²) in [6.07, 6.45) is 4.48. The van der Waals surface area contributed by atoms with E-state index in [9.17, 15) is 0 Å². The first-order valence-corrected chi connectivity index (χ1v) is 5.06. The molecule has 0 spiro atoms. The summed E-state index contributed by atoms with van der Waals surface area (Å²) in [7, 11) is 1.64. The monoisotopic (exact) mass is 192 g/mol. The van der Waals surface area contributed by atoms with Crippen molar-refractivity contribution < 1.29 is 4.74 Å². The first-order chi connectivity index (χ1) is 6.79. The zero-order chi connectivity index (χ0) is 9.97. The van der Waals surface area contributed by atoms with Crippen LogP contribution in [0.1, 0.15) is 19.8 Å². The number of pyridine rings is 1. The van der Waals surface area contributed by atoms with Crippen molar-refractivity contribution in [3.8, 4) is 5.88 Å². The summed E-state index contributed by atoms with van der Waals surface area (Å²) in [6, 6.07) is 4.46. The lowest BCUT2D eigenvalue weighted by Gasteiger charge is -2.14. The fourth-order valence-electron chi connectivity index (χ4n) is 1.59. The van der Waals surface area contributed by atoms with Crippen LogP contribution in [0.2, 0.25) is 0 Å². The zero-order valence-corrected chi connectivity index (χ0v) is 8.66. The summed E-state index contributed by atoms with van der Waals surface area (Å²) in [5.74, 6) is 1.52. The molecular weight excluding hydrogens is 176 g/mol. The first-order valence-electron chi connectivity index (χ1n) is 5.06. The molecule has 3 nitrogen and oxygen atoms in total. The number of rotatable bonds is 4. The minimum Gasteiger partial charge on any atom is -0.481 e. The minimum atomic E-state index is 0.558. The standard InChI is InChI=1S/C11H16N2O/c1-8(9-3-4-9)13-10-5-6-12-11(7-10)14-2/h5-9H,3-4H2,1-2H3,(H,12,13). The van der Waals surface area contributed by atoms with Crippen molar-refractivity contribution >= 4 is 5.69 Å². The summed E-state index contributed by atoms with van der Waals surface area (Å²) in [5.41, 5.74) is 1.09. The van der Waals surface area contributed by atoms with Crippen LogP contribution in [0.3, 0.4) is 0 Å². The highest BCUT2D eigenvalue weighted by molar-refractivity contribution is 5.46. The molecule has 2 rings (SSSR count). The van der Waals surface area contributed by atoms with Crippen molar-refractivity contribution in [1.29, 1.82) is 0 Å². The van der Waals surface area contributed by atoms with E-state index < -0.39 is 0 Å². The number of methoxy groups -OCH3 is 1. The molecule has 0 amide bonds. The molecule has 1 heterocycles. The van der Waals surface area contributed by atoms with Crippen LogP contribution in [0, 0.1) is 5.92 Å². The molecule has 0 saturated heterocycles. The van der Waals surface area contributed by atoms with E-state index in [0.29, 0.717) is 11.9 Å². The summed E-state index contributed by atoms with van der Waals surface area (Å²) in [5, 5.41) is 3.46. The zero-order valence-electron chi connectivity index (χ0n) is 8.66. The van der Waals surface area contributed by atoms with Gasteiger partial charge in [-0.3, -0.25) is 0 Å². The van der Waals surface area contributed by atoms with Crippen LogP contribution in [-0.2, 0) is 0 Å². The molecule has 1 atom stereocenters. The highest BCUT2D eigenvalue weighted by Crippen LogP contribution is 2.34. The highest BCUT2D eigenvalue weighted by Gasteiger charge is 2.27. The third-order valence-corrected chi connectivity index (χ3v) is 2.67. The number of nitrogens with one attached hydrogen (secondary N) is 1. The molecule has 1 N–H and O–H groups in total. The van der Waals surface area contributed by atoms with Crippen molar-refractivity contribution in [2.45, 2.75) is 25.8 Å². The lowest BCUT2D eigenvalue weighted by atomic mass is 10.2. The quantitative estimate of drug-likeness (QED) is 0.794. The van der Waals surface area contributed by atoms with E-state index in [1.165, 1.54) is 12.8 Å². The molecular formula is C11H16N2O. The largest absolute Gasteiger partial charge is 0.481 e. The first kappa shape index (κ1) is 9.31. The summed E-state index contributed by atoms with van der Waals surface area (Å²) >= 11 is 0. The SMILES string of the molecule is COc1cc(NC(C)C2CC2)ccn1. The van der Waals surface area contributed by atoms with Gasteiger partial charge in [-0.05, 0) is 31.7 Å². The van der Waals surface area contributed by atoms with Gasteiger partial charge < -0.3 is 10.1 Å². The van der Waals surface area contributed by atoms with Gasteiger partial charge in [0.15, 0.2) is 0 Å². The van der Waals surface area contributed by atoms with Crippen LogP contribution in [0.25, 0.3) is 0 Å². The Morgan fingerprint density at radius 3 is 3.00 bits per heavy atom. The van der Waals surface area contributed by atoms with Gasteiger partial charge in [-0.1, -0.05) is 0 Å². The van der Waals surface area contributed by atoms with E-state index in [-0.39, 0.29) is 0 Å². The predicted octanol–water partition coefficient (Wildman–Crippen LogP) is 2.30. The van der Waals surface area contributed by atoms with Gasteiger partial charge in [0.25, 0.3) is 0 Å². The molecule has 0 bridgehead atoms. The van der Waals surface area contributed by atoms with Gasteiger partial charge in [-0.15, -0.1) is 0 Å². The third-order valence-electron chi connectivity index (χ3n) is 2.67. The van der Waals surface area contributed by atoms with E-state index in [1.54, 1.807) is 13.3 Å². The van der Waals surface area contributed by atoms with Gasteiger partial charge in [0.1, 0.15) is 0 Å². The Morgan fingerprint density at radius 1 is 1.57 bits per heavy atom. The van der Waals surface area contributed by atoms with Crippen LogP contribution >= 0.6 is 0 Å².